The fourth-order valence-electron chi connectivity index (χ4n) is 2.64. The molecule has 0 spiro atoms. The summed E-state index contributed by atoms with van der Waals surface area (Å²) in [5.74, 6) is -1.31. The predicted molar refractivity (Wildman–Crippen MR) is 89.3 cm³/mol. The molecule has 1 aromatic carbocycles. The molecule has 2 unspecified atom stereocenters. The van der Waals surface area contributed by atoms with Crippen molar-refractivity contribution < 1.29 is 14.7 Å². The normalized spacial score (nSPS) is 22.1. The van der Waals surface area contributed by atoms with Crippen molar-refractivity contribution in [2.75, 3.05) is 5.32 Å². The average Bonchev–Trinajstić information content (AvgIpc) is 2.67. The summed E-state index contributed by atoms with van der Waals surface area (Å²) in [6.07, 6.45) is 4.24. The van der Waals surface area contributed by atoms with Crippen LogP contribution in [0.15, 0.2) is 24.3 Å². The highest BCUT2D eigenvalue weighted by Crippen LogP contribution is 2.24. The van der Waals surface area contributed by atoms with Gasteiger partial charge in [0, 0.05) is 15.3 Å². The van der Waals surface area contributed by atoms with Crippen LogP contribution in [0, 0.1) is 9.49 Å². The van der Waals surface area contributed by atoms with E-state index in [1.54, 1.807) is 0 Å². The van der Waals surface area contributed by atoms with Gasteiger partial charge >= 0.3 is 12.0 Å². The van der Waals surface area contributed by atoms with Crippen LogP contribution in [0.4, 0.5) is 10.5 Å². The summed E-state index contributed by atoms with van der Waals surface area (Å²) in [5, 5.41) is 14.9. The van der Waals surface area contributed by atoms with Crippen LogP contribution in [-0.4, -0.2) is 23.1 Å². The van der Waals surface area contributed by atoms with Crippen LogP contribution in [0.25, 0.3) is 0 Å². The van der Waals surface area contributed by atoms with Crippen molar-refractivity contribution in [1.29, 1.82) is 0 Å². The number of carbonyl (C=O) groups excluding carboxylic acids is 1. The number of carbonyl (C=O) groups is 2. The first kappa shape index (κ1) is 16.1. The molecule has 0 aliphatic heterocycles. The Balaban J connectivity index is 1.96. The van der Waals surface area contributed by atoms with E-state index in [0.29, 0.717) is 12.1 Å². The lowest BCUT2D eigenvalue weighted by Gasteiger charge is -2.23. The highest BCUT2D eigenvalue weighted by atomic mass is 127. The summed E-state index contributed by atoms with van der Waals surface area (Å²) in [4.78, 5) is 23.4. The molecule has 1 fully saturated rings. The molecule has 114 valence electrons. The Bertz CT molecular complexity index is 504. The largest absolute Gasteiger partial charge is 0.481 e. The van der Waals surface area contributed by atoms with E-state index in [1.165, 1.54) is 0 Å². The van der Waals surface area contributed by atoms with Gasteiger partial charge in [0.05, 0.1) is 5.92 Å². The van der Waals surface area contributed by atoms with E-state index in [9.17, 15) is 14.7 Å². The summed E-state index contributed by atoms with van der Waals surface area (Å²) < 4.78 is 1.09. The Labute approximate surface area is 137 Å². The van der Waals surface area contributed by atoms with E-state index >= 15 is 0 Å². The van der Waals surface area contributed by atoms with E-state index < -0.39 is 11.9 Å². The van der Waals surface area contributed by atoms with E-state index in [1.807, 2.05) is 24.3 Å². The molecule has 1 aromatic rings. The van der Waals surface area contributed by atoms with Crippen LogP contribution in [0.3, 0.4) is 0 Å². The van der Waals surface area contributed by atoms with Gasteiger partial charge in [-0.1, -0.05) is 19.3 Å². The van der Waals surface area contributed by atoms with Gasteiger partial charge in [-0.3, -0.25) is 4.79 Å². The lowest BCUT2D eigenvalue weighted by Crippen LogP contribution is -2.44. The smallest absolute Gasteiger partial charge is 0.319 e. The van der Waals surface area contributed by atoms with Crippen LogP contribution in [0.1, 0.15) is 32.1 Å². The molecule has 3 N–H and O–H groups in total. The molecule has 1 aliphatic carbocycles. The molecule has 2 atom stereocenters. The number of hydrogen-bond acceptors (Lipinski definition) is 2. The minimum atomic E-state index is -0.823. The lowest BCUT2D eigenvalue weighted by molar-refractivity contribution is -0.142. The van der Waals surface area contributed by atoms with Gasteiger partial charge in [0.2, 0.25) is 0 Å². The number of halogens is 1. The van der Waals surface area contributed by atoms with Crippen molar-refractivity contribution in [3.05, 3.63) is 27.8 Å². The number of benzene rings is 1. The van der Waals surface area contributed by atoms with Gasteiger partial charge in [-0.25, -0.2) is 4.79 Å². The zero-order valence-corrected chi connectivity index (χ0v) is 13.8. The Morgan fingerprint density at radius 1 is 1.10 bits per heavy atom. The van der Waals surface area contributed by atoms with Crippen LogP contribution in [-0.2, 0) is 4.79 Å². The Kier molecular flexibility index (Phi) is 5.84. The summed E-state index contributed by atoms with van der Waals surface area (Å²) in [5.41, 5.74) is 0.702. The molecule has 1 saturated carbocycles. The average molecular weight is 402 g/mol. The number of aliphatic carboxylic acids is 1. The van der Waals surface area contributed by atoms with Gasteiger partial charge in [-0.05, 0) is 59.7 Å². The van der Waals surface area contributed by atoms with Gasteiger partial charge in [-0.2, -0.15) is 0 Å². The second kappa shape index (κ2) is 7.63. The molecule has 6 heteroatoms. The van der Waals surface area contributed by atoms with Gasteiger partial charge < -0.3 is 15.7 Å². The maximum atomic E-state index is 12.0. The SMILES string of the molecule is O=C(Nc1ccc(I)cc1)NC1CCCCCC1C(=O)O. The molecule has 0 aromatic heterocycles. The van der Waals surface area contributed by atoms with Crippen LogP contribution in [0.5, 0.6) is 0 Å². The third-order valence-electron chi connectivity index (χ3n) is 3.75. The number of nitrogens with one attached hydrogen (secondary N) is 2. The minimum absolute atomic E-state index is 0.297. The molecule has 21 heavy (non-hydrogen) atoms. The van der Waals surface area contributed by atoms with E-state index in [2.05, 4.69) is 33.2 Å². The van der Waals surface area contributed by atoms with E-state index in [0.717, 1.165) is 29.3 Å². The zero-order valence-electron chi connectivity index (χ0n) is 11.6. The third kappa shape index (κ3) is 4.87. The number of rotatable bonds is 3. The first-order chi connectivity index (χ1) is 10.1. The van der Waals surface area contributed by atoms with Crippen molar-refractivity contribution in [3.63, 3.8) is 0 Å². The maximum Gasteiger partial charge on any atom is 0.319 e. The second-order valence-corrected chi connectivity index (χ2v) is 6.54. The number of hydrogen-bond donors (Lipinski definition) is 3. The molecule has 0 radical (unpaired) electrons. The van der Waals surface area contributed by atoms with Crippen molar-refractivity contribution in [2.45, 2.75) is 38.1 Å². The number of carboxylic acid groups (broad SMARTS) is 1. The first-order valence-electron chi connectivity index (χ1n) is 7.12. The highest BCUT2D eigenvalue weighted by Gasteiger charge is 2.30. The molecule has 1 aliphatic rings. The molecule has 0 saturated heterocycles. The standard InChI is InChI=1S/C15H19IN2O3/c16-10-6-8-11(9-7-10)17-15(21)18-13-5-3-1-2-4-12(13)14(19)20/h6-9,12-13H,1-5H2,(H,19,20)(H2,17,18,21). The van der Waals surface area contributed by atoms with E-state index in [-0.39, 0.29) is 12.1 Å². The molecule has 5 nitrogen and oxygen atoms in total. The van der Waals surface area contributed by atoms with Crippen LogP contribution >= 0.6 is 22.6 Å². The second-order valence-electron chi connectivity index (χ2n) is 5.29. The topological polar surface area (TPSA) is 78.4 Å². The monoisotopic (exact) mass is 402 g/mol. The predicted octanol–water partition coefficient (Wildman–Crippen LogP) is 3.45. The molecule has 0 bridgehead atoms. The number of urea groups is 1. The van der Waals surface area contributed by atoms with Crippen molar-refractivity contribution in [2.24, 2.45) is 5.92 Å². The molecule has 2 amide bonds. The molecular formula is C15H19IN2O3. The highest BCUT2D eigenvalue weighted by molar-refractivity contribution is 14.1. The van der Waals surface area contributed by atoms with Crippen molar-refractivity contribution in [1.82, 2.24) is 5.32 Å². The Morgan fingerprint density at radius 2 is 1.76 bits per heavy atom. The summed E-state index contributed by atoms with van der Waals surface area (Å²) in [6, 6.07) is 6.82. The summed E-state index contributed by atoms with van der Waals surface area (Å²) in [7, 11) is 0. The summed E-state index contributed by atoms with van der Waals surface area (Å²) >= 11 is 2.20. The number of amides is 2. The fraction of sp³-hybridized carbons (Fsp3) is 0.467. The number of anilines is 1. The van der Waals surface area contributed by atoms with E-state index in [4.69, 9.17) is 0 Å². The van der Waals surface area contributed by atoms with Gasteiger partial charge in [0.1, 0.15) is 0 Å². The zero-order chi connectivity index (χ0) is 15.2. The Morgan fingerprint density at radius 3 is 2.43 bits per heavy atom. The van der Waals surface area contributed by atoms with Gasteiger partial charge in [0.25, 0.3) is 0 Å². The molecule has 0 heterocycles. The van der Waals surface area contributed by atoms with Crippen LogP contribution < -0.4 is 10.6 Å². The number of carboxylic acids is 1. The van der Waals surface area contributed by atoms with Crippen molar-refractivity contribution in [3.8, 4) is 0 Å². The summed E-state index contributed by atoms with van der Waals surface area (Å²) in [6.45, 7) is 0. The van der Waals surface area contributed by atoms with Crippen LogP contribution in [0.2, 0.25) is 0 Å². The Hall–Kier alpha value is -1.31. The van der Waals surface area contributed by atoms with Gasteiger partial charge in [0.15, 0.2) is 0 Å². The fourth-order valence-corrected chi connectivity index (χ4v) is 3.00. The quantitative estimate of drug-likeness (QED) is 0.536. The molecule has 2 rings (SSSR count). The lowest BCUT2D eigenvalue weighted by atomic mass is 9.95. The minimum Gasteiger partial charge on any atom is -0.481 e. The third-order valence-corrected chi connectivity index (χ3v) is 4.47. The van der Waals surface area contributed by atoms with Crippen molar-refractivity contribution >= 4 is 40.3 Å². The maximum absolute atomic E-state index is 12.0. The first-order valence-corrected chi connectivity index (χ1v) is 8.20. The van der Waals surface area contributed by atoms with Gasteiger partial charge in [-0.15, -0.1) is 0 Å². The molecular weight excluding hydrogens is 383 g/mol.